The first kappa shape index (κ1) is 16.4. The molecule has 0 bridgehead atoms. The Morgan fingerprint density at radius 2 is 1.52 bits per heavy atom. The van der Waals surface area contributed by atoms with E-state index in [0.717, 1.165) is 5.56 Å². The SMILES string of the molecule is Cc1ccc(C)c(C(C)NC(C)c2ccc(Cl)cc2Cl)c1. The highest BCUT2D eigenvalue weighted by Crippen LogP contribution is 2.28. The molecule has 21 heavy (non-hydrogen) atoms. The number of benzene rings is 2. The summed E-state index contributed by atoms with van der Waals surface area (Å²) in [5.41, 5.74) is 4.97. The zero-order valence-corrected chi connectivity index (χ0v) is 14.4. The van der Waals surface area contributed by atoms with E-state index in [1.54, 1.807) is 6.07 Å². The second kappa shape index (κ2) is 6.83. The molecule has 0 aliphatic rings. The number of halogens is 2. The van der Waals surface area contributed by atoms with Crippen molar-refractivity contribution in [3.05, 3.63) is 68.7 Å². The van der Waals surface area contributed by atoms with Gasteiger partial charge >= 0.3 is 0 Å². The minimum absolute atomic E-state index is 0.157. The average molecular weight is 322 g/mol. The van der Waals surface area contributed by atoms with Crippen molar-refractivity contribution >= 4 is 23.2 Å². The summed E-state index contributed by atoms with van der Waals surface area (Å²) >= 11 is 12.2. The molecule has 0 aliphatic carbocycles. The van der Waals surface area contributed by atoms with E-state index >= 15 is 0 Å². The third kappa shape index (κ3) is 4.00. The van der Waals surface area contributed by atoms with Crippen LogP contribution in [-0.2, 0) is 0 Å². The summed E-state index contributed by atoms with van der Waals surface area (Å²) in [5, 5.41) is 4.98. The fourth-order valence-corrected chi connectivity index (χ4v) is 3.21. The number of nitrogens with one attached hydrogen (secondary N) is 1. The molecule has 0 radical (unpaired) electrons. The van der Waals surface area contributed by atoms with Crippen LogP contribution < -0.4 is 5.32 Å². The highest BCUT2D eigenvalue weighted by Gasteiger charge is 2.15. The maximum absolute atomic E-state index is 6.29. The van der Waals surface area contributed by atoms with Gasteiger partial charge < -0.3 is 5.32 Å². The fraction of sp³-hybridized carbons (Fsp3) is 0.333. The molecule has 1 N–H and O–H groups in total. The van der Waals surface area contributed by atoms with Crippen LogP contribution in [0.4, 0.5) is 0 Å². The molecule has 3 heteroatoms. The molecule has 1 nitrogen and oxygen atoms in total. The summed E-state index contributed by atoms with van der Waals surface area (Å²) in [6, 6.07) is 12.6. The standard InChI is InChI=1S/C18H21Cl2N/c1-11-5-6-12(2)17(9-11)14(4)21-13(3)16-8-7-15(19)10-18(16)20/h5-10,13-14,21H,1-4H3. The number of aryl methyl sites for hydroxylation is 2. The predicted octanol–water partition coefficient (Wildman–Crippen LogP) is 6.02. The van der Waals surface area contributed by atoms with E-state index in [-0.39, 0.29) is 12.1 Å². The van der Waals surface area contributed by atoms with Crippen LogP contribution in [0.15, 0.2) is 36.4 Å². The van der Waals surface area contributed by atoms with Gasteiger partial charge in [-0.15, -0.1) is 0 Å². The average Bonchev–Trinajstić information content (AvgIpc) is 2.41. The second-order valence-electron chi connectivity index (χ2n) is 5.64. The van der Waals surface area contributed by atoms with Gasteiger partial charge in [-0.2, -0.15) is 0 Å². The molecule has 112 valence electrons. The molecule has 2 aromatic rings. The molecule has 2 aromatic carbocycles. The molecule has 2 rings (SSSR count). The maximum Gasteiger partial charge on any atom is 0.0468 e. The van der Waals surface area contributed by atoms with Gasteiger partial charge in [0.15, 0.2) is 0 Å². The van der Waals surface area contributed by atoms with Crippen molar-refractivity contribution in [3.63, 3.8) is 0 Å². The summed E-state index contributed by atoms with van der Waals surface area (Å²) in [6.45, 7) is 8.57. The third-order valence-electron chi connectivity index (χ3n) is 3.83. The minimum atomic E-state index is 0.157. The molecular weight excluding hydrogens is 301 g/mol. The lowest BCUT2D eigenvalue weighted by Gasteiger charge is -2.23. The van der Waals surface area contributed by atoms with Crippen molar-refractivity contribution in [2.75, 3.05) is 0 Å². The predicted molar refractivity (Wildman–Crippen MR) is 92.3 cm³/mol. The second-order valence-corrected chi connectivity index (χ2v) is 6.48. The van der Waals surface area contributed by atoms with Crippen LogP contribution in [0, 0.1) is 13.8 Å². The third-order valence-corrected chi connectivity index (χ3v) is 4.39. The molecule has 0 saturated heterocycles. The van der Waals surface area contributed by atoms with Crippen LogP contribution in [0.5, 0.6) is 0 Å². The van der Waals surface area contributed by atoms with Gasteiger partial charge in [0.1, 0.15) is 0 Å². The maximum atomic E-state index is 6.29. The van der Waals surface area contributed by atoms with E-state index in [0.29, 0.717) is 10.0 Å². The van der Waals surface area contributed by atoms with E-state index in [2.05, 4.69) is 51.2 Å². The molecule has 0 fully saturated rings. The summed E-state index contributed by atoms with van der Waals surface area (Å²) < 4.78 is 0. The summed E-state index contributed by atoms with van der Waals surface area (Å²) in [5.74, 6) is 0. The molecule has 0 aliphatic heterocycles. The van der Waals surface area contributed by atoms with Crippen LogP contribution in [0.25, 0.3) is 0 Å². The van der Waals surface area contributed by atoms with Crippen LogP contribution in [0.2, 0.25) is 10.0 Å². The zero-order chi connectivity index (χ0) is 15.6. The molecule has 2 atom stereocenters. The van der Waals surface area contributed by atoms with Crippen molar-refractivity contribution in [2.24, 2.45) is 0 Å². The smallest absolute Gasteiger partial charge is 0.0468 e. The van der Waals surface area contributed by atoms with Crippen LogP contribution >= 0.6 is 23.2 Å². The van der Waals surface area contributed by atoms with Gasteiger partial charge in [-0.1, -0.05) is 53.0 Å². The molecule has 0 amide bonds. The fourth-order valence-electron chi connectivity index (χ4n) is 2.63. The Labute approximate surface area is 137 Å². The Balaban J connectivity index is 2.18. The first-order valence-corrected chi connectivity index (χ1v) is 7.92. The first-order chi connectivity index (χ1) is 9.88. The van der Waals surface area contributed by atoms with Crippen molar-refractivity contribution in [2.45, 2.75) is 39.8 Å². The van der Waals surface area contributed by atoms with Crippen LogP contribution in [0.1, 0.15) is 48.2 Å². The van der Waals surface area contributed by atoms with E-state index in [9.17, 15) is 0 Å². The van der Waals surface area contributed by atoms with Gasteiger partial charge in [0, 0.05) is 22.1 Å². The van der Waals surface area contributed by atoms with Gasteiger partial charge in [0.25, 0.3) is 0 Å². The van der Waals surface area contributed by atoms with E-state index in [1.165, 1.54) is 16.7 Å². The lowest BCUT2D eigenvalue weighted by Crippen LogP contribution is -2.23. The normalized spacial score (nSPS) is 14.0. The van der Waals surface area contributed by atoms with Crippen molar-refractivity contribution in [3.8, 4) is 0 Å². The zero-order valence-electron chi connectivity index (χ0n) is 12.9. The summed E-state index contributed by atoms with van der Waals surface area (Å²) in [6.07, 6.45) is 0. The minimum Gasteiger partial charge on any atom is -0.304 e. The first-order valence-electron chi connectivity index (χ1n) is 7.16. The molecule has 0 aromatic heterocycles. The molecule has 0 saturated carbocycles. The summed E-state index contributed by atoms with van der Waals surface area (Å²) in [7, 11) is 0. The van der Waals surface area contributed by atoms with E-state index in [4.69, 9.17) is 23.2 Å². The topological polar surface area (TPSA) is 12.0 Å². The van der Waals surface area contributed by atoms with E-state index < -0.39 is 0 Å². The Bertz CT molecular complexity index is 637. The number of hydrogen-bond donors (Lipinski definition) is 1. The molecular formula is C18H21Cl2N. The molecule has 0 spiro atoms. The van der Waals surface area contributed by atoms with Crippen molar-refractivity contribution in [1.29, 1.82) is 0 Å². The van der Waals surface area contributed by atoms with Gasteiger partial charge in [-0.05, 0) is 56.5 Å². The van der Waals surface area contributed by atoms with E-state index in [1.807, 2.05) is 12.1 Å². The lowest BCUT2D eigenvalue weighted by molar-refractivity contribution is 0.493. The van der Waals surface area contributed by atoms with Gasteiger partial charge in [-0.3, -0.25) is 0 Å². The van der Waals surface area contributed by atoms with Gasteiger partial charge in [0.05, 0.1) is 0 Å². The Morgan fingerprint density at radius 3 is 2.19 bits per heavy atom. The quantitative estimate of drug-likeness (QED) is 0.725. The number of hydrogen-bond acceptors (Lipinski definition) is 1. The van der Waals surface area contributed by atoms with Crippen LogP contribution in [0.3, 0.4) is 0 Å². The Hall–Kier alpha value is -1.02. The summed E-state index contributed by atoms with van der Waals surface area (Å²) in [4.78, 5) is 0. The van der Waals surface area contributed by atoms with Gasteiger partial charge in [-0.25, -0.2) is 0 Å². The highest BCUT2D eigenvalue weighted by atomic mass is 35.5. The lowest BCUT2D eigenvalue weighted by atomic mass is 9.98. The number of rotatable bonds is 4. The van der Waals surface area contributed by atoms with Crippen molar-refractivity contribution in [1.82, 2.24) is 5.32 Å². The molecule has 2 unspecified atom stereocenters. The van der Waals surface area contributed by atoms with Gasteiger partial charge in [0.2, 0.25) is 0 Å². The monoisotopic (exact) mass is 321 g/mol. The largest absolute Gasteiger partial charge is 0.304 e. The van der Waals surface area contributed by atoms with Crippen molar-refractivity contribution < 1.29 is 0 Å². The Morgan fingerprint density at radius 1 is 0.857 bits per heavy atom. The molecule has 0 heterocycles. The van der Waals surface area contributed by atoms with Crippen LogP contribution in [-0.4, -0.2) is 0 Å². The Kier molecular flexibility index (Phi) is 5.32. The highest BCUT2D eigenvalue weighted by molar-refractivity contribution is 6.35.